The van der Waals surface area contributed by atoms with E-state index in [1.165, 1.54) is 0 Å². The molecule has 0 aliphatic heterocycles. The molecule has 19 heavy (non-hydrogen) atoms. The molecule has 6 heteroatoms. The van der Waals surface area contributed by atoms with Crippen molar-refractivity contribution in [1.82, 2.24) is 9.38 Å². The van der Waals surface area contributed by atoms with Crippen LogP contribution in [0.1, 0.15) is 0 Å². The van der Waals surface area contributed by atoms with Gasteiger partial charge in [-0.1, -0.05) is 11.6 Å². The van der Waals surface area contributed by atoms with Gasteiger partial charge in [-0.3, -0.25) is 0 Å². The molecule has 0 saturated carbocycles. The Kier molecular flexibility index (Phi) is 2.64. The third-order valence-corrected chi connectivity index (χ3v) is 3.10. The predicted octanol–water partition coefficient (Wildman–Crippen LogP) is 3.52. The molecule has 0 radical (unpaired) electrons. The summed E-state index contributed by atoms with van der Waals surface area (Å²) in [5, 5.41) is 0.365. The van der Waals surface area contributed by atoms with Crippen molar-refractivity contribution in [3.8, 4) is 11.3 Å². The zero-order chi connectivity index (χ0) is 13.6. The van der Waals surface area contributed by atoms with Crippen molar-refractivity contribution in [3.63, 3.8) is 0 Å². The Morgan fingerprint density at radius 2 is 1.95 bits per heavy atom. The van der Waals surface area contributed by atoms with Gasteiger partial charge in [0.2, 0.25) is 0 Å². The van der Waals surface area contributed by atoms with Crippen LogP contribution in [0.5, 0.6) is 0 Å². The molecule has 2 N–H and O–H groups in total. The van der Waals surface area contributed by atoms with E-state index in [1.807, 2.05) is 0 Å². The molecule has 0 bridgehead atoms. The van der Waals surface area contributed by atoms with Crippen molar-refractivity contribution in [2.45, 2.75) is 0 Å². The van der Waals surface area contributed by atoms with Crippen LogP contribution in [0, 0.1) is 11.6 Å². The number of nitrogen functional groups attached to an aromatic ring is 1. The van der Waals surface area contributed by atoms with E-state index in [4.69, 9.17) is 17.3 Å². The number of benzene rings is 1. The summed E-state index contributed by atoms with van der Waals surface area (Å²) >= 11 is 5.89. The average molecular weight is 280 g/mol. The maximum absolute atomic E-state index is 13.7. The summed E-state index contributed by atoms with van der Waals surface area (Å²) in [5.74, 6) is -1.06. The summed E-state index contributed by atoms with van der Waals surface area (Å²) < 4.78 is 28.5. The van der Waals surface area contributed by atoms with E-state index in [0.29, 0.717) is 22.1 Å². The molecule has 0 unspecified atom stereocenters. The van der Waals surface area contributed by atoms with Gasteiger partial charge in [0.25, 0.3) is 0 Å². The van der Waals surface area contributed by atoms with Gasteiger partial charge in [0, 0.05) is 24.0 Å². The third-order valence-electron chi connectivity index (χ3n) is 2.78. The van der Waals surface area contributed by atoms with Crippen molar-refractivity contribution >= 4 is 22.9 Å². The highest BCUT2D eigenvalue weighted by molar-refractivity contribution is 6.33. The van der Waals surface area contributed by atoms with Gasteiger partial charge in [-0.25, -0.2) is 13.8 Å². The van der Waals surface area contributed by atoms with Crippen LogP contribution in [-0.2, 0) is 0 Å². The van der Waals surface area contributed by atoms with Crippen molar-refractivity contribution in [2.24, 2.45) is 0 Å². The third kappa shape index (κ3) is 2.02. The smallest absolute Gasteiger partial charge is 0.139 e. The van der Waals surface area contributed by atoms with E-state index in [9.17, 15) is 8.78 Å². The lowest BCUT2D eigenvalue weighted by Crippen LogP contribution is -1.90. The van der Waals surface area contributed by atoms with E-state index in [1.54, 1.807) is 22.9 Å². The number of anilines is 1. The first kappa shape index (κ1) is 11.9. The molecule has 3 nitrogen and oxygen atoms in total. The molecule has 0 saturated heterocycles. The van der Waals surface area contributed by atoms with Gasteiger partial charge < -0.3 is 10.1 Å². The van der Waals surface area contributed by atoms with Gasteiger partial charge >= 0.3 is 0 Å². The summed E-state index contributed by atoms with van der Waals surface area (Å²) in [6.45, 7) is 0. The van der Waals surface area contributed by atoms with Crippen LogP contribution in [0.25, 0.3) is 16.9 Å². The monoisotopic (exact) mass is 279 g/mol. The Hall–Kier alpha value is -2.14. The van der Waals surface area contributed by atoms with Gasteiger partial charge in [0.05, 0.1) is 16.4 Å². The molecule has 0 amide bonds. The number of halogens is 3. The second-order valence-corrected chi connectivity index (χ2v) is 4.50. The van der Waals surface area contributed by atoms with Gasteiger partial charge in [-0.2, -0.15) is 0 Å². The van der Waals surface area contributed by atoms with E-state index < -0.39 is 11.6 Å². The Morgan fingerprint density at radius 1 is 1.16 bits per heavy atom. The molecule has 0 aliphatic rings. The zero-order valence-electron chi connectivity index (χ0n) is 9.57. The molecule has 3 aromatic rings. The first-order valence-electron chi connectivity index (χ1n) is 5.44. The Balaban J connectivity index is 2.23. The molecule has 2 heterocycles. The van der Waals surface area contributed by atoms with Gasteiger partial charge in [-0.05, 0) is 18.2 Å². The van der Waals surface area contributed by atoms with E-state index in [2.05, 4.69) is 4.98 Å². The van der Waals surface area contributed by atoms with Crippen LogP contribution >= 0.6 is 11.6 Å². The lowest BCUT2D eigenvalue weighted by atomic mass is 10.1. The number of hydrogen-bond acceptors (Lipinski definition) is 2. The number of aromatic nitrogens is 2. The highest BCUT2D eigenvalue weighted by atomic mass is 35.5. The van der Waals surface area contributed by atoms with Gasteiger partial charge in [0.15, 0.2) is 0 Å². The number of rotatable bonds is 1. The first-order chi connectivity index (χ1) is 9.04. The van der Waals surface area contributed by atoms with Gasteiger partial charge in [0.1, 0.15) is 17.3 Å². The standard InChI is InChI=1S/C13H8ClF2N3/c14-9-4-13-18-12(6-19(13)5-11(9)17)8-3-7(15)1-2-10(8)16/h1-6H,17H2. The number of imidazole rings is 1. The molecule has 0 fully saturated rings. The topological polar surface area (TPSA) is 43.3 Å². The molecule has 0 aliphatic carbocycles. The van der Waals surface area contributed by atoms with Crippen LogP contribution in [0.15, 0.2) is 36.7 Å². The molecule has 2 aromatic heterocycles. The van der Waals surface area contributed by atoms with Crippen LogP contribution < -0.4 is 5.73 Å². The second-order valence-electron chi connectivity index (χ2n) is 4.09. The minimum atomic E-state index is -0.538. The van der Waals surface area contributed by atoms with Crippen molar-refractivity contribution in [1.29, 1.82) is 0 Å². The Labute approximate surface area is 112 Å². The number of fused-ring (bicyclic) bond motifs is 1. The van der Waals surface area contributed by atoms with Crippen LogP contribution in [0.2, 0.25) is 5.02 Å². The Morgan fingerprint density at radius 3 is 2.74 bits per heavy atom. The summed E-state index contributed by atoms with van der Waals surface area (Å²) in [7, 11) is 0. The molecular formula is C13H8ClF2N3. The number of pyridine rings is 1. The second kappa shape index (κ2) is 4.20. The number of hydrogen-bond donors (Lipinski definition) is 1. The molecule has 96 valence electrons. The minimum absolute atomic E-state index is 0.0957. The van der Waals surface area contributed by atoms with Gasteiger partial charge in [-0.15, -0.1) is 0 Å². The summed E-state index contributed by atoms with van der Waals surface area (Å²) in [6, 6.07) is 4.79. The number of nitrogens with zero attached hydrogens (tertiary/aromatic N) is 2. The van der Waals surface area contributed by atoms with Crippen molar-refractivity contribution in [2.75, 3.05) is 5.73 Å². The average Bonchev–Trinajstić information content (AvgIpc) is 2.75. The largest absolute Gasteiger partial charge is 0.396 e. The van der Waals surface area contributed by atoms with Crippen LogP contribution in [0.4, 0.5) is 14.5 Å². The molecule has 0 atom stereocenters. The van der Waals surface area contributed by atoms with E-state index >= 15 is 0 Å². The highest BCUT2D eigenvalue weighted by Crippen LogP contribution is 2.26. The Bertz CT molecular complexity index is 744. The zero-order valence-corrected chi connectivity index (χ0v) is 10.3. The fourth-order valence-electron chi connectivity index (χ4n) is 1.85. The summed E-state index contributed by atoms with van der Waals surface area (Å²) in [6.07, 6.45) is 3.14. The lowest BCUT2D eigenvalue weighted by Gasteiger charge is -1.98. The fraction of sp³-hybridized carbons (Fsp3) is 0. The van der Waals surface area contributed by atoms with E-state index in [-0.39, 0.29) is 5.56 Å². The lowest BCUT2D eigenvalue weighted by molar-refractivity contribution is 0.603. The van der Waals surface area contributed by atoms with E-state index in [0.717, 1.165) is 18.2 Å². The normalized spacial score (nSPS) is 11.1. The number of nitrogens with two attached hydrogens (primary N) is 1. The SMILES string of the molecule is Nc1cn2cc(-c3cc(F)ccc3F)nc2cc1Cl. The fourth-order valence-corrected chi connectivity index (χ4v) is 2.00. The van der Waals surface area contributed by atoms with Crippen LogP contribution in [-0.4, -0.2) is 9.38 Å². The predicted molar refractivity (Wildman–Crippen MR) is 70.0 cm³/mol. The molecule has 1 aromatic carbocycles. The van der Waals surface area contributed by atoms with Crippen LogP contribution in [0.3, 0.4) is 0 Å². The quantitative estimate of drug-likeness (QED) is 0.741. The molecular weight excluding hydrogens is 272 g/mol. The molecule has 3 rings (SSSR count). The maximum atomic E-state index is 13.7. The molecule has 0 spiro atoms. The van der Waals surface area contributed by atoms with Crippen molar-refractivity contribution < 1.29 is 8.78 Å². The minimum Gasteiger partial charge on any atom is -0.396 e. The highest BCUT2D eigenvalue weighted by Gasteiger charge is 2.11. The summed E-state index contributed by atoms with van der Waals surface area (Å²) in [4.78, 5) is 4.20. The maximum Gasteiger partial charge on any atom is 0.139 e. The summed E-state index contributed by atoms with van der Waals surface area (Å²) in [5.41, 5.74) is 6.99. The van der Waals surface area contributed by atoms with Crippen molar-refractivity contribution in [3.05, 3.63) is 53.3 Å². The first-order valence-corrected chi connectivity index (χ1v) is 5.81.